The summed E-state index contributed by atoms with van der Waals surface area (Å²) in [6, 6.07) is 6.32. The molecule has 10 heteroatoms. The highest BCUT2D eigenvalue weighted by molar-refractivity contribution is 7.15. The molecule has 0 spiro atoms. The van der Waals surface area contributed by atoms with E-state index in [0.29, 0.717) is 40.0 Å². The summed E-state index contributed by atoms with van der Waals surface area (Å²) < 4.78 is 15.7. The SMILES string of the molecule is Cc1nc(C(=O)N2[C@@H]3CC[C@@H](C3)[C@H]2CNC(=O)c2c(C)nc3sccn23)c(-c2cccc(F)c2)s1. The van der Waals surface area contributed by atoms with E-state index in [9.17, 15) is 14.0 Å². The lowest BCUT2D eigenvalue weighted by molar-refractivity contribution is 0.0577. The van der Waals surface area contributed by atoms with E-state index in [1.165, 1.54) is 34.8 Å². The second-order valence-electron chi connectivity index (χ2n) is 9.24. The lowest BCUT2D eigenvalue weighted by Crippen LogP contribution is -2.50. The largest absolute Gasteiger partial charge is 0.349 e. The summed E-state index contributed by atoms with van der Waals surface area (Å²) in [7, 11) is 0. The van der Waals surface area contributed by atoms with Crippen molar-refractivity contribution in [2.24, 2.45) is 5.92 Å². The quantitative estimate of drug-likeness (QED) is 0.423. The van der Waals surface area contributed by atoms with Crippen LogP contribution in [0.1, 0.15) is 50.9 Å². The molecule has 0 radical (unpaired) electrons. The minimum absolute atomic E-state index is 0.0984. The predicted octanol–water partition coefficient (Wildman–Crippen LogP) is 4.70. The maximum atomic E-state index is 13.9. The Balaban J connectivity index is 1.26. The van der Waals surface area contributed by atoms with Gasteiger partial charge in [0.1, 0.15) is 17.2 Å². The fraction of sp³-hybridized carbons (Fsp3) is 0.360. The number of carbonyl (C=O) groups excluding carboxylic acids is 2. The van der Waals surface area contributed by atoms with Crippen LogP contribution in [-0.4, -0.2) is 49.7 Å². The minimum atomic E-state index is -0.345. The van der Waals surface area contributed by atoms with Crippen LogP contribution in [0.25, 0.3) is 15.4 Å². The number of amides is 2. The molecule has 2 aliphatic rings. The van der Waals surface area contributed by atoms with E-state index < -0.39 is 0 Å². The van der Waals surface area contributed by atoms with Crippen LogP contribution in [0.2, 0.25) is 0 Å². The van der Waals surface area contributed by atoms with Crippen LogP contribution in [0.4, 0.5) is 4.39 Å². The molecule has 7 nitrogen and oxygen atoms in total. The van der Waals surface area contributed by atoms with E-state index in [1.807, 2.05) is 34.7 Å². The minimum Gasteiger partial charge on any atom is -0.349 e. The third kappa shape index (κ3) is 3.75. The molecule has 4 heterocycles. The van der Waals surface area contributed by atoms with Crippen LogP contribution in [0.15, 0.2) is 35.8 Å². The molecule has 35 heavy (non-hydrogen) atoms. The normalized spacial score (nSPS) is 21.2. The molecule has 6 rings (SSSR count). The number of fused-ring (bicyclic) bond motifs is 3. The number of halogens is 1. The van der Waals surface area contributed by atoms with Crippen molar-refractivity contribution in [3.05, 3.63) is 63.7 Å². The van der Waals surface area contributed by atoms with Gasteiger partial charge in [0, 0.05) is 24.2 Å². The van der Waals surface area contributed by atoms with Gasteiger partial charge in [-0.1, -0.05) is 12.1 Å². The van der Waals surface area contributed by atoms with Gasteiger partial charge in [-0.25, -0.2) is 14.4 Å². The Morgan fingerprint density at radius 1 is 1.23 bits per heavy atom. The molecule has 4 aromatic rings. The van der Waals surface area contributed by atoms with Crippen LogP contribution in [0.3, 0.4) is 0 Å². The first kappa shape index (κ1) is 22.4. The topological polar surface area (TPSA) is 79.6 Å². The van der Waals surface area contributed by atoms with Crippen molar-refractivity contribution in [2.45, 2.75) is 45.2 Å². The van der Waals surface area contributed by atoms with Crippen LogP contribution >= 0.6 is 22.7 Å². The summed E-state index contributed by atoms with van der Waals surface area (Å²) in [5.74, 6) is -0.327. The molecule has 3 atom stereocenters. The smallest absolute Gasteiger partial charge is 0.274 e. The third-order valence-corrected chi connectivity index (χ3v) is 8.90. The summed E-state index contributed by atoms with van der Waals surface area (Å²) in [4.78, 5) is 39.4. The molecule has 2 amide bonds. The zero-order chi connectivity index (χ0) is 24.3. The number of imidazole rings is 1. The Kier molecular flexibility index (Phi) is 5.45. The summed E-state index contributed by atoms with van der Waals surface area (Å²) in [6.45, 7) is 4.07. The van der Waals surface area contributed by atoms with E-state index in [0.717, 1.165) is 29.2 Å². The number of aryl methyl sites for hydroxylation is 2. The van der Waals surface area contributed by atoms with Crippen molar-refractivity contribution in [3.8, 4) is 10.4 Å². The molecule has 3 aromatic heterocycles. The molecular formula is C25H24FN5O2S2. The highest BCUT2D eigenvalue weighted by Gasteiger charge is 2.49. The number of aromatic nitrogens is 3. The number of rotatable bonds is 5. The fourth-order valence-corrected chi connectivity index (χ4v) is 7.31. The maximum Gasteiger partial charge on any atom is 0.274 e. The van der Waals surface area contributed by atoms with Gasteiger partial charge in [-0.05, 0) is 56.7 Å². The van der Waals surface area contributed by atoms with Crippen molar-refractivity contribution in [3.63, 3.8) is 0 Å². The average molecular weight is 510 g/mol. The summed E-state index contributed by atoms with van der Waals surface area (Å²) >= 11 is 2.89. The van der Waals surface area contributed by atoms with E-state index in [2.05, 4.69) is 15.3 Å². The molecule has 0 unspecified atom stereocenters. The van der Waals surface area contributed by atoms with E-state index >= 15 is 0 Å². The molecule has 1 saturated carbocycles. The first-order chi connectivity index (χ1) is 16.9. The molecule has 1 saturated heterocycles. The highest BCUT2D eigenvalue weighted by Crippen LogP contribution is 2.44. The van der Waals surface area contributed by atoms with Crippen LogP contribution in [0, 0.1) is 25.6 Å². The number of nitrogens with zero attached hydrogens (tertiary/aromatic N) is 4. The zero-order valence-electron chi connectivity index (χ0n) is 19.3. The molecule has 1 aromatic carbocycles. The van der Waals surface area contributed by atoms with Crippen molar-refractivity contribution in [2.75, 3.05) is 6.54 Å². The van der Waals surface area contributed by atoms with Crippen LogP contribution in [-0.2, 0) is 0 Å². The summed E-state index contributed by atoms with van der Waals surface area (Å²) in [6.07, 6.45) is 4.78. The maximum absolute atomic E-state index is 13.9. The molecule has 1 aliphatic carbocycles. The Labute approximate surface area is 209 Å². The molecule has 1 N–H and O–H groups in total. The van der Waals surface area contributed by atoms with Gasteiger partial charge in [0.05, 0.1) is 21.6 Å². The van der Waals surface area contributed by atoms with Gasteiger partial charge >= 0.3 is 0 Å². The Bertz CT molecular complexity index is 1460. The lowest BCUT2D eigenvalue weighted by atomic mass is 9.98. The number of nitrogens with one attached hydrogen (secondary N) is 1. The van der Waals surface area contributed by atoms with Gasteiger partial charge in [0.15, 0.2) is 4.96 Å². The van der Waals surface area contributed by atoms with Gasteiger partial charge in [0.2, 0.25) is 0 Å². The monoisotopic (exact) mass is 509 g/mol. The first-order valence-corrected chi connectivity index (χ1v) is 13.4. The van der Waals surface area contributed by atoms with Crippen LogP contribution < -0.4 is 5.32 Å². The van der Waals surface area contributed by atoms with Crippen molar-refractivity contribution in [1.82, 2.24) is 24.6 Å². The number of likely N-dealkylation sites (tertiary alicyclic amines) is 1. The number of piperidine rings is 1. The van der Waals surface area contributed by atoms with Crippen LogP contribution in [0.5, 0.6) is 0 Å². The Morgan fingerprint density at radius 3 is 2.91 bits per heavy atom. The Hall–Kier alpha value is -3.11. The molecule has 180 valence electrons. The third-order valence-electron chi connectivity index (χ3n) is 7.12. The lowest BCUT2D eigenvalue weighted by Gasteiger charge is -2.35. The van der Waals surface area contributed by atoms with Gasteiger partial charge in [-0.3, -0.25) is 14.0 Å². The van der Waals surface area contributed by atoms with Crippen molar-refractivity contribution >= 4 is 39.4 Å². The zero-order valence-corrected chi connectivity index (χ0v) is 21.0. The average Bonchev–Trinajstić information content (AvgIpc) is 3.63. The van der Waals surface area contributed by atoms with E-state index in [4.69, 9.17) is 0 Å². The van der Waals surface area contributed by atoms with Crippen molar-refractivity contribution < 1.29 is 14.0 Å². The number of thiazole rings is 2. The second kappa shape index (κ2) is 8.53. The fourth-order valence-electron chi connectivity index (χ4n) is 5.64. The summed E-state index contributed by atoms with van der Waals surface area (Å²) in [5, 5.41) is 5.74. The first-order valence-electron chi connectivity index (χ1n) is 11.7. The molecular weight excluding hydrogens is 485 g/mol. The van der Waals surface area contributed by atoms with E-state index in [1.54, 1.807) is 12.1 Å². The van der Waals surface area contributed by atoms with Gasteiger partial charge in [-0.15, -0.1) is 22.7 Å². The number of carbonyl (C=O) groups is 2. The number of benzene rings is 1. The highest BCUT2D eigenvalue weighted by atomic mass is 32.1. The molecule has 2 bridgehead atoms. The standard InChI is InChI=1S/C25H24FN5O2S2/c1-13-21(30-8-9-34-25(30)28-13)23(32)27-12-19-15-6-7-18(11-15)31(19)24(33)20-22(35-14(2)29-20)16-4-3-5-17(26)10-16/h3-5,8-10,15,18-19H,6-7,11-12H2,1-2H3,(H,27,32)/t15-,18+,19+/m0/s1. The van der Waals surface area contributed by atoms with Gasteiger partial charge in [-0.2, -0.15) is 0 Å². The number of hydrogen-bond donors (Lipinski definition) is 1. The predicted molar refractivity (Wildman–Crippen MR) is 133 cm³/mol. The summed E-state index contributed by atoms with van der Waals surface area (Å²) in [5.41, 5.74) is 2.25. The van der Waals surface area contributed by atoms with Crippen molar-refractivity contribution in [1.29, 1.82) is 0 Å². The Morgan fingerprint density at radius 2 is 2.09 bits per heavy atom. The van der Waals surface area contributed by atoms with Gasteiger partial charge in [0.25, 0.3) is 11.8 Å². The molecule has 2 fully saturated rings. The number of hydrogen-bond acceptors (Lipinski definition) is 6. The molecule has 1 aliphatic heterocycles. The van der Waals surface area contributed by atoms with Gasteiger partial charge < -0.3 is 10.2 Å². The van der Waals surface area contributed by atoms with E-state index in [-0.39, 0.29) is 29.7 Å². The second-order valence-corrected chi connectivity index (χ2v) is 11.3.